The first-order chi connectivity index (χ1) is 30.2. The van der Waals surface area contributed by atoms with Crippen molar-refractivity contribution >= 4 is 47.0 Å². The quantitative estimate of drug-likeness (QED) is 0.0496. The molecule has 0 radical (unpaired) electrons. The summed E-state index contributed by atoms with van der Waals surface area (Å²) in [7, 11) is 0. The normalized spacial score (nSPS) is 10.7. The van der Waals surface area contributed by atoms with Crippen LogP contribution < -0.4 is 43.4 Å². The molecule has 4 aromatic heterocycles. The second-order valence-electron chi connectivity index (χ2n) is 15.8. The van der Waals surface area contributed by atoms with Crippen LogP contribution in [0.4, 0.5) is 44.5 Å². The Labute approximate surface area is 366 Å². The van der Waals surface area contributed by atoms with Gasteiger partial charge in [0.2, 0.25) is 11.9 Å². The van der Waals surface area contributed by atoms with Gasteiger partial charge in [-0.25, -0.2) is 29.5 Å². The predicted molar refractivity (Wildman–Crippen MR) is 244 cm³/mol. The van der Waals surface area contributed by atoms with Gasteiger partial charge in [-0.1, -0.05) is 87.7 Å². The summed E-state index contributed by atoms with van der Waals surface area (Å²) in [5, 5.41) is 24.7. The van der Waals surface area contributed by atoms with Gasteiger partial charge in [-0.2, -0.15) is 0 Å². The molecule has 18 nitrogen and oxygen atoms in total. The van der Waals surface area contributed by atoms with E-state index in [9.17, 15) is 9.59 Å². The Bertz CT molecular complexity index is 2550. The second kappa shape index (κ2) is 22.2. The van der Waals surface area contributed by atoms with Gasteiger partial charge in [0, 0.05) is 89.9 Å². The Balaban J connectivity index is 0.000000238. The van der Waals surface area contributed by atoms with Crippen LogP contribution >= 0.6 is 0 Å². The van der Waals surface area contributed by atoms with Crippen molar-refractivity contribution in [1.82, 2.24) is 30.2 Å². The van der Waals surface area contributed by atoms with Crippen molar-refractivity contribution in [3.8, 4) is 23.7 Å². The number of urea groups is 2. The second-order valence-corrected chi connectivity index (χ2v) is 15.8. The fraction of sp³-hybridized carbons (Fsp3) is 0.289. The van der Waals surface area contributed by atoms with E-state index in [0.29, 0.717) is 77.2 Å². The highest BCUT2D eigenvalue weighted by molar-refractivity contribution is 6.00. The van der Waals surface area contributed by atoms with Crippen LogP contribution in [0.3, 0.4) is 0 Å². The summed E-state index contributed by atoms with van der Waals surface area (Å²) in [6.07, 6.45) is 7.44. The number of anilines is 6. The highest BCUT2D eigenvalue weighted by Gasteiger charge is 2.21. The van der Waals surface area contributed by atoms with E-state index in [0.717, 1.165) is 24.1 Å². The maximum atomic E-state index is 12.3. The SMILES string of the molecule is CC(C)(C)c1cc(NC(=O)Nc2cccc(C#Cc3cnc(NCCCN)nc3)c2)no1.CC(C)(C)c1cc(NC(=O)Nc2cccc(C#Cc3cnc(NCCN)nc3)c2)no1. The summed E-state index contributed by atoms with van der Waals surface area (Å²) in [5.41, 5.74) is 14.6. The molecule has 2 aromatic carbocycles. The number of nitrogens with one attached hydrogen (secondary N) is 6. The Morgan fingerprint density at radius 1 is 0.556 bits per heavy atom. The lowest BCUT2D eigenvalue weighted by Crippen LogP contribution is -2.19. The van der Waals surface area contributed by atoms with Gasteiger partial charge in [0.05, 0.1) is 11.1 Å². The third-order valence-electron chi connectivity index (χ3n) is 8.32. The minimum atomic E-state index is -0.423. The maximum Gasteiger partial charge on any atom is 0.324 e. The summed E-state index contributed by atoms with van der Waals surface area (Å²) in [6, 6.07) is 17.0. The largest absolute Gasteiger partial charge is 0.359 e. The Kier molecular flexibility index (Phi) is 16.3. The molecule has 4 amide bonds. The number of aromatic nitrogens is 6. The van der Waals surface area contributed by atoms with Crippen LogP contribution in [-0.2, 0) is 10.8 Å². The number of benzene rings is 2. The molecule has 0 fully saturated rings. The molecular weight excluding hydrogens is 801 g/mol. The zero-order valence-electron chi connectivity index (χ0n) is 36.1. The van der Waals surface area contributed by atoms with Crippen molar-refractivity contribution in [1.29, 1.82) is 0 Å². The molecule has 0 aliphatic rings. The van der Waals surface area contributed by atoms with E-state index in [1.807, 2.05) is 65.8 Å². The van der Waals surface area contributed by atoms with E-state index < -0.39 is 12.1 Å². The molecule has 0 aliphatic heterocycles. The van der Waals surface area contributed by atoms with Gasteiger partial charge < -0.3 is 41.8 Å². The molecule has 326 valence electrons. The monoisotopic (exact) mass is 852 g/mol. The Morgan fingerprint density at radius 2 is 0.968 bits per heavy atom. The first-order valence-electron chi connectivity index (χ1n) is 20.0. The number of nitrogens with zero attached hydrogens (tertiary/aromatic N) is 6. The van der Waals surface area contributed by atoms with Gasteiger partial charge in [0.15, 0.2) is 11.6 Å². The zero-order chi connectivity index (χ0) is 45.2. The van der Waals surface area contributed by atoms with E-state index >= 15 is 0 Å². The van der Waals surface area contributed by atoms with Gasteiger partial charge in [-0.3, -0.25) is 10.6 Å². The zero-order valence-corrected chi connectivity index (χ0v) is 36.1. The molecule has 0 spiro atoms. The van der Waals surface area contributed by atoms with E-state index in [1.54, 1.807) is 61.2 Å². The maximum absolute atomic E-state index is 12.3. The average molecular weight is 853 g/mol. The smallest absolute Gasteiger partial charge is 0.324 e. The van der Waals surface area contributed by atoms with Crippen LogP contribution in [0.25, 0.3) is 0 Å². The molecule has 63 heavy (non-hydrogen) atoms. The van der Waals surface area contributed by atoms with Gasteiger partial charge in [-0.15, -0.1) is 0 Å². The minimum absolute atomic E-state index is 0.192. The summed E-state index contributed by atoms with van der Waals surface area (Å²) >= 11 is 0. The summed E-state index contributed by atoms with van der Waals surface area (Å²) in [4.78, 5) is 41.4. The third-order valence-corrected chi connectivity index (χ3v) is 8.32. The van der Waals surface area contributed by atoms with Crippen LogP contribution in [0.1, 0.15) is 81.7 Å². The molecular formula is C45H52N14O4. The lowest BCUT2D eigenvalue weighted by molar-refractivity contribution is 0.261. The number of carbonyl (C=O) groups excluding carboxylic acids is 2. The summed E-state index contributed by atoms with van der Waals surface area (Å²) in [5.74, 6) is 15.2. The van der Waals surface area contributed by atoms with Crippen molar-refractivity contribution in [3.63, 3.8) is 0 Å². The summed E-state index contributed by atoms with van der Waals surface area (Å²) < 4.78 is 10.5. The molecule has 0 saturated carbocycles. The molecule has 0 aliphatic carbocycles. The first kappa shape index (κ1) is 46.3. The van der Waals surface area contributed by atoms with Crippen LogP contribution in [0.5, 0.6) is 0 Å². The molecule has 0 atom stereocenters. The number of rotatable bonds is 11. The predicted octanol–water partition coefficient (Wildman–Crippen LogP) is 6.74. The van der Waals surface area contributed by atoms with Crippen molar-refractivity contribution in [2.24, 2.45) is 11.5 Å². The topological polar surface area (TPSA) is 262 Å². The lowest BCUT2D eigenvalue weighted by Gasteiger charge is -2.12. The molecule has 10 N–H and O–H groups in total. The number of amides is 4. The Morgan fingerprint density at radius 3 is 1.35 bits per heavy atom. The van der Waals surface area contributed by atoms with Gasteiger partial charge in [-0.05, 0) is 49.4 Å². The minimum Gasteiger partial charge on any atom is -0.359 e. The average Bonchev–Trinajstić information content (AvgIpc) is 3.94. The fourth-order valence-corrected chi connectivity index (χ4v) is 5.02. The van der Waals surface area contributed by atoms with Gasteiger partial charge in [0.1, 0.15) is 11.5 Å². The van der Waals surface area contributed by atoms with Crippen LogP contribution in [0.15, 0.2) is 94.5 Å². The Hall–Kier alpha value is -7.80. The van der Waals surface area contributed by atoms with Crippen LogP contribution in [0.2, 0.25) is 0 Å². The van der Waals surface area contributed by atoms with Crippen molar-refractivity contribution < 1.29 is 18.6 Å². The number of hydrogen-bond acceptors (Lipinski definition) is 14. The van der Waals surface area contributed by atoms with E-state index in [1.165, 1.54) is 0 Å². The first-order valence-corrected chi connectivity index (χ1v) is 20.0. The van der Waals surface area contributed by atoms with Crippen molar-refractivity contribution in [2.45, 2.75) is 58.8 Å². The molecule has 18 heteroatoms. The number of hydrogen-bond donors (Lipinski definition) is 8. The van der Waals surface area contributed by atoms with E-state index in [2.05, 4.69) is 85.8 Å². The number of nitrogens with two attached hydrogens (primary N) is 2. The molecule has 0 bridgehead atoms. The summed E-state index contributed by atoms with van der Waals surface area (Å²) in [6.45, 7) is 14.5. The number of carbonyl (C=O) groups is 2. The van der Waals surface area contributed by atoms with Crippen LogP contribution in [0, 0.1) is 23.7 Å². The van der Waals surface area contributed by atoms with E-state index in [-0.39, 0.29) is 10.8 Å². The van der Waals surface area contributed by atoms with Crippen molar-refractivity contribution in [3.05, 3.63) is 119 Å². The van der Waals surface area contributed by atoms with E-state index in [4.69, 9.17) is 20.5 Å². The van der Waals surface area contributed by atoms with Gasteiger partial charge >= 0.3 is 12.1 Å². The molecule has 0 unspecified atom stereocenters. The molecule has 6 rings (SSSR count). The van der Waals surface area contributed by atoms with Gasteiger partial charge in [0.25, 0.3) is 0 Å². The molecule has 6 aromatic rings. The lowest BCUT2D eigenvalue weighted by atomic mass is 9.93. The fourth-order valence-electron chi connectivity index (χ4n) is 5.02. The molecule has 4 heterocycles. The highest BCUT2D eigenvalue weighted by Crippen LogP contribution is 2.25. The van der Waals surface area contributed by atoms with Crippen LogP contribution in [-0.4, -0.2) is 68.5 Å². The standard InChI is InChI=1S/C23H27N7O2.C22H25N7O2/c1-23(2,3)19-13-20(30-32-19)29-22(31)28-18-7-4-6-16(12-18)8-9-17-14-26-21(27-15-17)25-11-5-10-24;1-22(2,3)18-12-19(29-31-18)28-21(30)27-17-6-4-5-15(11-17)7-8-16-13-25-20(26-14-16)24-10-9-23/h4,6-7,12-15H,5,10-11,24H2,1-3H3,(H,25,26,27)(H2,28,29,30,31);4-6,11-14H,9-10,23H2,1-3H3,(H,24,25,26)(H2,27,28,29,30). The highest BCUT2D eigenvalue weighted by atomic mass is 16.5. The molecule has 0 saturated heterocycles. The third kappa shape index (κ3) is 15.6. The van der Waals surface area contributed by atoms with Crippen molar-refractivity contribution in [2.75, 3.05) is 58.1 Å².